The summed E-state index contributed by atoms with van der Waals surface area (Å²) in [6.07, 6.45) is 4.09. The van der Waals surface area contributed by atoms with E-state index in [2.05, 4.69) is 22.1 Å². The van der Waals surface area contributed by atoms with Gasteiger partial charge < -0.3 is 9.88 Å². The molecule has 0 spiro atoms. The summed E-state index contributed by atoms with van der Waals surface area (Å²) < 4.78 is 15.1. The van der Waals surface area contributed by atoms with Gasteiger partial charge in [-0.2, -0.15) is 0 Å². The minimum atomic E-state index is -0.315. The third-order valence-electron chi connectivity index (χ3n) is 3.79. The van der Waals surface area contributed by atoms with Gasteiger partial charge in [0.2, 0.25) is 5.91 Å². The molecular weight excluding hydrogens is 327 g/mol. The van der Waals surface area contributed by atoms with Crippen molar-refractivity contribution >= 4 is 23.4 Å². The first-order chi connectivity index (χ1) is 11.6. The van der Waals surface area contributed by atoms with Gasteiger partial charge in [0.25, 0.3) is 0 Å². The Hall–Kier alpha value is -2.15. The molecule has 0 atom stereocenters. The van der Waals surface area contributed by atoms with Gasteiger partial charge in [-0.3, -0.25) is 4.79 Å². The highest BCUT2D eigenvalue weighted by atomic mass is 32.2. The largest absolute Gasteiger partial charge is 0.325 e. The van der Waals surface area contributed by atoms with Crippen LogP contribution in [0.1, 0.15) is 30.1 Å². The van der Waals surface area contributed by atoms with Crippen LogP contribution in [-0.2, 0) is 11.3 Å². The minimum Gasteiger partial charge on any atom is -0.325 e. The fourth-order valence-corrected chi connectivity index (χ4v) is 3.19. The number of allylic oxidation sites excluding steroid dienone is 1. The van der Waals surface area contributed by atoms with Crippen LogP contribution >= 0.6 is 11.8 Å². The first-order valence-electron chi connectivity index (χ1n) is 7.81. The second-order valence-corrected chi connectivity index (χ2v) is 6.75. The molecule has 24 heavy (non-hydrogen) atoms. The third-order valence-corrected chi connectivity index (χ3v) is 4.76. The summed E-state index contributed by atoms with van der Waals surface area (Å²) in [5.74, 6) is 1.21. The zero-order chi connectivity index (χ0) is 17.1. The number of halogens is 1. The number of hydrogen-bond acceptors (Lipinski definition) is 4. The number of anilines is 1. The number of carbonyl (C=O) groups excluding carboxylic acids is 1. The predicted octanol–water partition coefficient (Wildman–Crippen LogP) is 3.52. The standard InChI is InChI=1S/C17H19FN4OS/c1-3-8-22-16(12-4-5-12)20-21-17(22)24-10-15(23)19-14-7-6-13(18)9-11(14)2/h3,6-7,9,12H,1,4-5,8,10H2,2H3,(H,19,23). The number of rotatable bonds is 7. The quantitative estimate of drug-likeness (QED) is 0.615. The monoisotopic (exact) mass is 346 g/mol. The molecule has 1 aromatic heterocycles. The van der Waals surface area contributed by atoms with E-state index in [0.29, 0.717) is 23.7 Å². The average Bonchev–Trinajstić information content (AvgIpc) is 3.31. The Kier molecular flexibility index (Phi) is 4.99. The molecule has 0 unspecified atom stereocenters. The van der Waals surface area contributed by atoms with Crippen LogP contribution in [0.15, 0.2) is 36.0 Å². The highest BCUT2D eigenvalue weighted by molar-refractivity contribution is 7.99. The maximum absolute atomic E-state index is 13.1. The van der Waals surface area contributed by atoms with Crippen molar-refractivity contribution in [1.29, 1.82) is 0 Å². The van der Waals surface area contributed by atoms with Gasteiger partial charge in [0.15, 0.2) is 5.16 Å². The summed E-state index contributed by atoms with van der Waals surface area (Å²) in [6, 6.07) is 4.29. The van der Waals surface area contributed by atoms with Crippen molar-refractivity contribution in [2.45, 2.75) is 37.4 Å². The van der Waals surface area contributed by atoms with E-state index in [9.17, 15) is 9.18 Å². The van der Waals surface area contributed by atoms with Crippen molar-refractivity contribution in [3.63, 3.8) is 0 Å². The van der Waals surface area contributed by atoms with Crippen molar-refractivity contribution < 1.29 is 9.18 Å². The van der Waals surface area contributed by atoms with E-state index in [0.717, 1.165) is 23.8 Å². The maximum atomic E-state index is 13.1. The Morgan fingerprint density at radius 2 is 2.29 bits per heavy atom. The van der Waals surface area contributed by atoms with Gasteiger partial charge in [0, 0.05) is 18.2 Å². The molecule has 0 bridgehead atoms. The number of amides is 1. The van der Waals surface area contributed by atoms with Crippen LogP contribution in [0.2, 0.25) is 0 Å². The average molecular weight is 346 g/mol. The second-order valence-electron chi connectivity index (χ2n) is 5.81. The van der Waals surface area contributed by atoms with Crippen LogP contribution in [0.25, 0.3) is 0 Å². The highest BCUT2D eigenvalue weighted by Crippen LogP contribution is 2.40. The smallest absolute Gasteiger partial charge is 0.234 e. The van der Waals surface area contributed by atoms with Crippen molar-refractivity contribution in [2.75, 3.05) is 11.1 Å². The molecule has 0 aliphatic heterocycles. The summed E-state index contributed by atoms with van der Waals surface area (Å²) in [4.78, 5) is 12.1. The van der Waals surface area contributed by atoms with Gasteiger partial charge in [-0.1, -0.05) is 17.8 Å². The maximum Gasteiger partial charge on any atom is 0.234 e. The number of nitrogens with zero attached hydrogens (tertiary/aromatic N) is 3. The molecule has 1 heterocycles. The van der Waals surface area contributed by atoms with Crippen LogP contribution in [0.5, 0.6) is 0 Å². The third kappa shape index (κ3) is 3.84. The fourth-order valence-electron chi connectivity index (χ4n) is 2.43. The van der Waals surface area contributed by atoms with Crippen molar-refractivity contribution in [1.82, 2.24) is 14.8 Å². The van der Waals surface area contributed by atoms with Crippen molar-refractivity contribution in [3.8, 4) is 0 Å². The van der Waals surface area contributed by atoms with Gasteiger partial charge in [-0.05, 0) is 43.5 Å². The first-order valence-corrected chi connectivity index (χ1v) is 8.80. The Balaban J connectivity index is 1.62. The van der Waals surface area contributed by atoms with Crippen LogP contribution in [-0.4, -0.2) is 26.4 Å². The Morgan fingerprint density at radius 3 is 2.96 bits per heavy atom. The zero-order valence-electron chi connectivity index (χ0n) is 13.5. The van der Waals surface area contributed by atoms with Crippen molar-refractivity contribution in [3.05, 3.63) is 48.1 Å². The molecular formula is C17H19FN4OS. The molecule has 5 nitrogen and oxygen atoms in total. The van der Waals surface area contributed by atoms with E-state index in [-0.39, 0.29) is 17.5 Å². The minimum absolute atomic E-state index is 0.157. The molecule has 0 radical (unpaired) electrons. The summed E-state index contributed by atoms with van der Waals surface area (Å²) in [7, 11) is 0. The molecule has 7 heteroatoms. The van der Waals surface area contributed by atoms with Crippen LogP contribution in [0.4, 0.5) is 10.1 Å². The van der Waals surface area contributed by atoms with E-state index >= 15 is 0 Å². The molecule has 1 saturated carbocycles. The van der Waals surface area contributed by atoms with Gasteiger partial charge in [-0.15, -0.1) is 16.8 Å². The van der Waals surface area contributed by atoms with E-state index in [1.807, 2.05) is 4.57 Å². The zero-order valence-corrected chi connectivity index (χ0v) is 14.3. The number of aromatic nitrogens is 3. The number of aryl methyl sites for hydroxylation is 1. The van der Waals surface area contributed by atoms with Gasteiger partial charge in [0.05, 0.1) is 5.75 Å². The van der Waals surface area contributed by atoms with Gasteiger partial charge >= 0.3 is 0 Å². The molecule has 1 aromatic carbocycles. The number of hydrogen-bond donors (Lipinski definition) is 1. The molecule has 2 aromatic rings. The SMILES string of the molecule is C=CCn1c(SCC(=O)Nc2ccc(F)cc2C)nnc1C1CC1. The first kappa shape index (κ1) is 16.7. The van der Waals surface area contributed by atoms with Crippen LogP contribution in [0.3, 0.4) is 0 Å². The lowest BCUT2D eigenvalue weighted by Crippen LogP contribution is -2.15. The summed E-state index contributed by atoms with van der Waals surface area (Å²) in [6.45, 7) is 6.17. The van der Waals surface area contributed by atoms with Crippen LogP contribution < -0.4 is 5.32 Å². The molecule has 1 N–H and O–H groups in total. The molecule has 1 fully saturated rings. The van der Waals surface area contributed by atoms with Crippen LogP contribution in [0, 0.1) is 12.7 Å². The van der Waals surface area contributed by atoms with E-state index in [4.69, 9.17) is 0 Å². The van der Waals surface area contributed by atoms with Gasteiger partial charge in [0.1, 0.15) is 11.6 Å². The molecule has 0 saturated heterocycles. The normalized spacial score (nSPS) is 13.8. The Bertz CT molecular complexity index is 770. The molecule has 1 aliphatic rings. The fraction of sp³-hybridized carbons (Fsp3) is 0.353. The topological polar surface area (TPSA) is 59.8 Å². The van der Waals surface area contributed by atoms with Crippen molar-refractivity contribution in [2.24, 2.45) is 0 Å². The lowest BCUT2D eigenvalue weighted by atomic mass is 10.2. The summed E-state index contributed by atoms with van der Waals surface area (Å²) >= 11 is 1.34. The van der Waals surface area contributed by atoms with Gasteiger partial charge in [-0.25, -0.2) is 4.39 Å². The Morgan fingerprint density at radius 1 is 1.50 bits per heavy atom. The second kappa shape index (κ2) is 7.17. The highest BCUT2D eigenvalue weighted by Gasteiger charge is 2.30. The predicted molar refractivity (Wildman–Crippen MR) is 92.7 cm³/mol. The summed E-state index contributed by atoms with van der Waals surface area (Å²) in [5, 5.41) is 12.0. The lowest BCUT2D eigenvalue weighted by molar-refractivity contribution is -0.113. The number of nitrogens with one attached hydrogen (secondary N) is 1. The molecule has 126 valence electrons. The molecule has 1 aliphatic carbocycles. The number of benzene rings is 1. The van der Waals surface area contributed by atoms with E-state index in [1.165, 1.54) is 23.9 Å². The number of thioether (sulfide) groups is 1. The van der Waals surface area contributed by atoms with E-state index in [1.54, 1.807) is 19.1 Å². The summed E-state index contributed by atoms with van der Waals surface area (Å²) in [5.41, 5.74) is 1.31. The Labute approximate surface area is 144 Å². The lowest BCUT2D eigenvalue weighted by Gasteiger charge is -2.09. The molecule has 1 amide bonds. The number of carbonyl (C=O) groups is 1. The van der Waals surface area contributed by atoms with E-state index < -0.39 is 0 Å². The molecule has 3 rings (SSSR count).